The number of aromatic nitrogens is 2. The molecule has 0 saturated carbocycles. The van der Waals surface area contributed by atoms with Gasteiger partial charge in [0, 0.05) is 12.4 Å². The van der Waals surface area contributed by atoms with Gasteiger partial charge in [-0.15, -0.1) is 0 Å². The van der Waals surface area contributed by atoms with Gasteiger partial charge in [0.2, 0.25) is 0 Å². The Kier molecular flexibility index (Phi) is 4.37. The number of anilines is 1. The minimum atomic E-state index is -1.05. The maximum atomic E-state index is 13.5. The van der Waals surface area contributed by atoms with E-state index in [1.165, 1.54) is 24.3 Å². The van der Waals surface area contributed by atoms with Gasteiger partial charge in [-0.2, -0.15) is 0 Å². The summed E-state index contributed by atoms with van der Waals surface area (Å²) in [5.74, 6) is -0.228. The average Bonchev–Trinajstić information content (AvgIpc) is 3.10. The molecule has 2 aromatic carbocycles. The monoisotopic (exact) mass is 366 g/mol. The molecule has 3 aromatic rings. The summed E-state index contributed by atoms with van der Waals surface area (Å²) in [6, 6.07) is 11.3. The van der Waals surface area contributed by atoms with Crippen molar-refractivity contribution in [3.05, 3.63) is 89.9 Å². The summed E-state index contributed by atoms with van der Waals surface area (Å²) < 4.78 is 27.0. The van der Waals surface area contributed by atoms with Crippen LogP contribution < -0.4 is 4.90 Å². The zero-order valence-electron chi connectivity index (χ0n) is 14.2. The number of halogens is 2. The summed E-state index contributed by atoms with van der Waals surface area (Å²) in [5, 5.41) is 10.2. The van der Waals surface area contributed by atoms with Gasteiger partial charge in [-0.05, 0) is 35.4 Å². The summed E-state index contributed by atoms with van der Waals surface area (Å²) in [5.41, 5.74) is 0.308. The second-order valence-corrected chi connectivity index (χ2v) is 6.19. The second-order valence-electron chi connectivity index (χ2n) is 6.19. The van der Waals surface area contributed by atoms with Crippen molar-refractivity contribution in [1.29, 1.82) is 0 Å². The molecule has 0 fully saturated rings. The molecule has 1 unspecified atom stereocenters. The quantitative estimate of drug-likeness (QED) is 0.771. The van der Waals surface area contributed by atoms with Gasteiger partial charge in [-0.1, -0.05) is 24.3 Å². The van der Waals surface area contributed by atoms with E-state index in [2.05, 4.69) is 9.97 Å². The van der Waals surface area contributed by atoms with Gasteiger partial charge in [0.25, 0.3) is 0 Å². The van der Waals surface area contributed by atoms with Crippen LogP contribution in [0.2, 0.25) is 0 Å². The fourth-order valence-electron chi connectivity index (χ4n) is 3.49. The van der Waals surface area contributed by atoms with Crippen LogP contribution in [0.4, 0.5) is 14.6 Å². The highest BCUT2D eigenvalue weighted by Gasteiger charge is 2.48. The molecule has 1 aliphatic heterocycles. The fraction of sp³-hybridized carbons (Fsp3) is 0.150. The third-order valence-electron chi connectivity index (χ3n) is 4.76. The number of aliphatic hydroxyl groups is 1. The van der Waals surface area contributed by atoms with Crippen LogP contribution in [0.25, 0.3) is 0 Å². The lowest BCUT2D eigenvalue weighted by Gasteiger charge is -2.36. The summed E-state index contributed by atoms with van der Waals surface area (Å²) in [7, 11) is 0. The first-order chi connectivity index (χ1) is 13.1. The van der Waals surface area contributed by atoms with E-state index in [0.717, 1.165) is 0 Å². The van der Waals surface area contributed by atoms with Crippen molar-refractivity contribution in [2.45, 2.75) is 11.6 Å². The van der Waals surface area contributed by atoms with E-state index >= 15 is 0 Å². The zero-order valence-corrected chi connectivity index (χ0v) is 14.2. The highest BCUT2D eigenvalue weighted by atomic mass is 19.1. The number of aliphatic hydroxyl groups excluding tert-OH is 1. The molecule has 0 radical (unpaired) electrons. The first-order valence-corrected chi connectivity index (χ1v) is 8.38. The lowest BCUT2D eigenvalue weighted by Crippen LogP contribution is -2.47. The molecular weight excluding hydrogens is 350 g/mol. The van der Waals surface area contributed by atoms with Crippen LogP contribution in [0, 0.1) is 11.6 Å². The van der Waals surface area contributed by atoms with Crippen molar-refractivity contribution >= 4 is 12.2 Å². The number of rotatable bonds is 4. The minimum Gasteiger partial charge on any atom is -0.394 e. The van der Waals surface area contributed by atoms with Crippen LogP contribution in [0.1, 0.15) is 11.1 Å². The first-order valence-electron chi connectivity index (χ1n) is 8.38. The van der Waals surface area contributed by atoms with Crippen LogP contribution >= 0.6 is 0 Å². The van der Waals surface area contributed by atoms with Gasteiger partial charge >= 0.3 is 0 Å². The Morgan fingerprint density at radius 1 is 0.926 bits per heavy atom. The molecule has 1 atom stereocenters. The number of aliphatic imine (C=N–C) groups is 1. The molecule has 136 valence electrons. The van der Waals surface area contributed by atoms with Crippen molar-refractivity contribution in [3.8, 4) is 0 Å². The van der Waals surface area contributed by atoms with E-state index in [1.54, 1.807) is 54.1 Å². The largest absolute Gasteiger partial charge is 0.394 e. The SMILES string of the molecule is OCC1N(c2cnccn2)C=NC1(c1ccc(F)cc1)c1ccc(F)cc1. The third-order valence-corrected chi connectivity index (χ3v) is 4.76. The zero-order chi connectivity index (χ0) is 18.9. The molecule has 1 N–H and O–H groups in total. The molecule has 0 saturated heterocycles. The lowest BCUT2D eigenvalue weighted by atomic mass is 9.77. The van der Waals surface area contributed by atoms with Crippen molar-refractivity contribution in [3.63, 3.8) is 0 Å². The minimum absolute atomic E-state index is 0.259. The smallest absolute Gasteiger partial charge is 0.152 e. The molecule has 0 bridgehead atoms. The number of hydrogen-bond donors (Lipinski definition) is 1. The van der Waals surface area contributed by atoms with E-state index in [0.29, 0.717) is 16.9 Å². The molecule has 5 nitrogen and oxygen atoms in total. The maximum absolute atomic E-state index is 13.5. The Labute approximate surface area is 154 Å². The van der Waals surface area contributed by atoms with Crippen molar-refractivity contribution < 1.29 is 13.9 Å². The van der Waals surface area contributed by atoms with Crippen LogP contribution in [-0.4, -0.2) is 34.1 Å². The average molecular weight is 366 g/mol. The van der Waals surface area contributed by atoms with E-state index in [1.807, 2.05) is 0 Å². The molecule has 0 spiro atoms. The van der Waals surface area contributed by atoms with Crippen molar-refractivity contribution in [2.75, 3.05) is 11.5 Å². The lowest BCUT2D eigenvalue weighted by molar-refractivity contribution is 0.233. The highest BCUT2D eigenvalue weighted by Crippen LogP contribution is 2.43. The predicted molar refractivity (Wildman–Crippen MR) is 97.5 cm³/mol. The van der Waals surface area contributed by atoms with Gasteiger partial charge in [-0.3, -0.25) is 9.98 Å². The summed E-state index contributed by atoms with van der Waals surface area (Å²) in [6.07, 6.45) is 6.25. The highest BCUT2D eigenvalue weighted by molar-refractivity contribution is 5.83. The Hall–Kier alpha value is -3.19. The molecule has 4 rings (SSSR count). The van der Waals surface area contributed by atoms with Crippen LogP contribution in [0.5, 0.6) is 0 Å². The fourth-order valence-corrected chi connectivity index (χ4v) is 3.49. The van der Waals surface area contributed by atoms with Gasteiger partial charge in [0.15, 0.2) is 5.82 Å². The first kappa shape index (κ1) is 17.2. The van der Waals surface area contributed by atoms with Crippen LogP contribution in [0.15, 0.2) is 72.1 Å². The summed E-state index contributed by atoms with van der Waals surface area (Å²) in [6.45, 7) is -0.259. The predicted octanol–water partition coefficient (Wildman–Crippen LogP) is 2.91. The number of benzene rings is 2. The van der Waals surface area contributed by atoms with E-state index in [4.69, 9.17) is 4.99 Å². The number of nitrogens with zero attached hydrogens (tertiary/aromatic N) is 4. The Morgan fingerprint density at radius 2 is 1.52 bits per heavy atom. The van der Waals surface area contributed by atoms with Crippen LogP contribution in [-0.2, 0) is 5.54 Å². The molecule has 7 heteroatoms. The third kappa shape index (κ3) is 2.86. The van der Waals surface area contributed by atoms with Crippen molar-refractivity contribution in [2.24, 2.45) is 4.99 Å². The van der Waals surface area contributed by atoms with Gasteiger partial charge < -0.3 is 10.0 Å². The molecule has 0 aliphatic carbocycles. The van der Waals surface area contributed by atoms with E-state index in [-0.39, 0.29) is 18.2 Å². The second kappa shape index (κ2) is 6.85. The number of hydrogen-bond acceptors (Lipinski definition) is 5. The van der Waals surface area contributed by atoms with Gasteiger partial charge in [0.05, 0.1) is 25.2 Å². The molecule has 1 aliphatic rings. The van der Waals surface area contributed by atoms with Gasteiger partial charge in [0.1, 0.15) is 17.2 Å². The molecule has 0 amide bonds. The Morgan fingerprint density at radius 3 is 2.00 bits per heavy atom. The topological polar surface area (TPSA) is 61.6 Å². The molecule has 2 heterocycles. The standard InChI is InChI=1S/C20H16F2N4O/c21-16-5-1-14(2-6-16)20(15-3-7-17(22)8-4-15)18(12-27)26(13-25-20)19-11-23-9-10-24-19/h1-11,13,18,27H,12H2. The van der Waals surface area contributed by atoms with E-state index in [9.17, 15) is 13.9 Å². The van der Waals surface area contributed by atoms with E-state index < -0.39 is 11.6 Å². The maximum Gasteiger partial charge on any atom is 0.152 e. The van der Waals surface area contributed by atoms with Gasteiger partial charge in [-0.25, -0.2) is 13.8 Å². The molecule has 1 aromatic heterocycles. The Bertz CT molecular complexity index is 900. The van der Waals surface area contributed by atoms with Crippen molar-refractivity contribution in [1.82, 2.24) is 9.97 Å². The normalized spacial score (nSPS) is 18.0. The Balaban J connectivity index is 1.89. The summed E-state index contributed by atoms with van der Waals surface area (Å²) in [4.78, 5) is 14.8. The molecular formula is C20H16F2N4O. The molecule has 27 heavy (non-hydrogen) atoms. The van der Waals surface area contributed by atoms with Crippen LogP contribution in [0.3, 0.4) is 0 Å². The summed E-state index contributed by atoms with van der Waals surface area (Å²) >= 11 is 0.